The fourth-order valence-electron chi connectivity index (χ4n) is 2.17. The Morgan fingerprint density at radius 2 is 1.62 bits per heavy atom. The minimum Gasteiger partial charge on any atom is -0.320 e. The summed E-state index contributed by atoms with van der Waals surface area (Å²) in [6.07, 6.45) is 5.17. The van der Waals surface area contributed by atoms with E-state index in [1.165, 1.54) is 42.4 Å². The van der Waals surface area contributed by atoms with Crippen LogP contribution in [0.5, 0.6) is 0 Å². The van der Waals surface area contributed by atoms with Gasteiger partial charge in [-0.3, -0.25) is 0 Å². The Morgan fingerprint density at radius 1 is 0.938 bits per heavy atom. The summed E-state index contributed by atoms with van der Waals surface area (Å²) in [5.74, 6) is 0. The van der Waals surface area contributed by atoms with Gasteiger partial charge in [0.2, 0.25) is 0 Å². The van der Waals surface area contributed by atoms with Crippen LogP contribution in [0.1, 0.15) is 41.5 Å². The van der Waals surface area contributed by atoms with Crippen molar-refractivity contribution in [2.24, 2.45) is 0 Å². The van der Waals surface area contributed by atoms with Crippen molar-refractivity contribution in [2.75, 3.05) is 13.6 Å². The number of aryl methyl sites for hydroxylation is 2. The lowest BCUT2D eigenvalue weighted by Gasteiger charge is -2.12. The molecule has 0 unspecified atom stereocenters. The molecule has 90 valence electrons. The molecule has 0 atom stereocenters. The van der Waals surface area contributed by atoms with Crippen LogP contribution in [-0.4, -0.2) is 13.6 Å². The van der Waals surface area contributed by atoms with E-state index in [1.54, 1.807) is 5.56 Å². The summed E-state index contributed by atoms with van der Waals surface area (Å²) in [6.45, 7) is 7.84. The van der Waals surface area contributed by atoms with Gasteiger partial charge >= 0.3 is 0 Å². The van der Waals surface area contributed by atoms with Gasteiger partial charge in [0.15, 0.2) is 0 Å². The number of unbranched alkanes of at least 4 members (excludes halogenated alkanes) is 2. The van der Waals surface area contributed by atoms with Crippen LogP contribution in [0.2, 0.25) is 0 Å². The lowest BCUT2D eigenvalue weighted by atomic mass is 9.94. The summed E-state index contributed by atoms with van der Waals surface area (Å²) in [5, 5.41) is 3.20. The predicted molar refractivity (Wildman–Crippen MR) is 72.1 cm³/mol. The van der Waals surface area contributed by atoms with Gasteiger partial charge < -0.3 is 5.32 Å². The Bertz CT molecular complexity index is 328. The van der Waals surface area contributed by atoms with Crippen molar-refractivity contribution < 1.29 is 0 Å². The number of nitrogens with one attached hydrogen (secondary N) is 1. The van der Waals surface area contributed by atoms with E-state index >= 15 is 0 Å². The lowest BCUT2D eigenvalue weighted by molar-refractivity contribution is 0.640. The molecule has 0 aliphatic rings. The van der Waals surface area contributed by atoms with E-state index in [4.69, 9.17) is 0 Å². The van der Waals surface area contributed by atoms with Crippen molar-refractivity contribution >= 4 is 0 Å². The molecule has 0 aliphatic carbocycles. The molecule has 0 spiro atoms. The highest BCUT2D eigenvalue weighted by Gasteiger charge is 2.04. The zero-order valence-electron chi connectivity index (χ0n) is 11.2. The van der Waals surface area contributed by atoms with Crippen molar-refractivity contribution in [3.63, 3.8) is 0 Å². The van der Waals surface area contributed by atoms with Gasteiger partial charge in [-0.2, -0.15) is 0 Å². The van der Waals surface area contributed by atoms with Crippen LogP contribution < -0.4 is 5.32 Å². The average molecular weight is 219 g/mol. The maximum absolute atomic E-state index is 3.20. The molecule has 1 aromatic rings. The van der Waals surface area contributed by atoms with E-state index in [0.29, 0.717) is 0 Å². The minimum atomic E-state index is 1.14. The standard InChI is InChI=1S/C15H25N/c1-12-9-10-13(2)15(14(12)3)8-6-5-7-11-16-4/h9-10,16H,5-8,11H2,1-4H3. The van der Waals surface area contributed by atoms with Gasteiger partial charge in [0, 0.05) is 0 Å². The maximum Gasteiger partial charge on any atom is -0.00519 e. The Hall–Kier alpha value is -0.820. The summed E-state index contributed by atoms with van der Waals surface area (Å²) >= 11 is 0. The highest BCUT2D eigenvalue weighted by Crippen LogP contribution is 2.19. The van der Waals surface area contributed by atoms with Gasteiger partial charge in [0.05, 0.1) is 0 Å². The van der Waals surface area contributed by atoms with E-state index < -0.39 is 0 Å². The van der Waals surface area contributed by atoms with E-state index in [1.807, 2.05) is 7.05 Å². The van der Waals surface area contributed by atoms with Gasteiger partial charge in [0.25, 0.3) is 0 Å². The third-order valence-electron chi connectivity index (χ3n) is 3.46. The van der Waals surface area contributed by atoms with Crippen LogP contribution in [-0.2, 0) is 6.42 Å². The molecule has 1 nitrogen and oxygen atoms in total. The zero-order valence-corrected chi connectivity index (χ0v) is 11.2. The summed E-state index contributed by atoms with van der Waals surface area (Å²) in [7, 11) is 2.02. The van der Waals surface area contributed by atoms with Crippen LogP contribution >= 0.6 is 0 Å². The molecule has 0 bridgehead atoms. The van der Waals surface area contributed by atoms with Crippen molar-refractivity contribution in [1.29, 1.82) is 0 Å². The molecule has 1 aromatic carbocycles. The second-order valence-electron chi connectivity index (χ2n) is 4.72. The Kier molecular flexibility index (Phi) is 5.54. The van der Waals surface area contributed by atoms with Gasteiger partial charge in [-0.1, -0.05) is 18.6 Å². The fraction of sp³-hybridized carbons (Fsp3) is 0.600. The van der Waals surface area contributed by atoms with Crippen LogP contribution in [0.3, 0.4) is 0 Å². The summed E-state index contributed by atoms with van der Waals surface area (Å²) in [5.41, 5.74) is 5.95. The first-order valence-electron chi connectivity index (χ1n) is 6.37. The van der Waals surface area contributed by atoms with Crippen LogP contribution in [0.15, 0.2) is 12.1 Å². The highest BCUT2D eigenvalue weighted by atomic mass is 14.8. The number of rotatable bonds is 6. The SMILES string of the molecule is CNCCCCCc1c(C)ccc(C)c1C. The molecule has 0 radical (unpaired) electrons. The monoisotopic (exact) mass is 219 g/mol. The van der Waals surface area contributed by atoms with Gasteiger partial charge in [-0.25, -0.2) is 0 Å². The van der Waals surface area contributed by atoms with Crippen molar-refractivity contribution in [2.45, 2.75) is 46.5 Å². The topological polar surface area (TPSA) is 12.0 Å². The first-order valence-corrected chi connectivity index (χ1v) is 6.37. The third-order valence-corrected chi connectivity index (χ3v) is 3.46. The largest absolute Gasteiger partial charge is 0.320 e. The first-order chi connectivity index (χ1) is 7.66. The second kappa shape index (κ2) is 6.70. The fourth-order valence-corrected chi connectivity index (χ4v) is 2.17. The van der Waals surface area contributed by atoms with Gasteiger partial charge in [0.1, 0.15) is 0 Å². The molecular formula is C15H25N. The molecule has 1 rings (SSSR count). The number of hydrogen-bond donors (Lipinski definition) is 1. The molecule has 0 aromatic heterocycles. The van der Waals surface area contributed by atoms with E-state index in [2.05, 4.69) is 38.2 Å². The smallest absolute Gasteiger partial charge is 0.00519 e. The Labute approximate surface area is 100 Å². The van der Waals surface area contributed by atoms with Gasteiger partial charge in [-0.15, -0.1) is 0 Å². The molecule has 0 aliphatic heterocycles. The van der Waals surface area contributed by atoms with Crippen LogP contribution in [0.4, 0.5) is 0 Å². The molecule has 1 N–H and O–H groups in total. The van der Waals surface area contributed by atoms with E-state index in [-0.39, 0.29) is 0 Å². The van der Waals surface area contributed by atoms with Crippen LogP contribution in [0, 0.1) is 20.8 Å². The molecule has 0 heterocycles. The highest BCUT2D eigenvalue weighted by molar-refractivity contribution is 5.39. The lowest BCUT2D eigenvalue weighted by Crippen LogP contribution is -2.07. The molecule has 1 heteroatoms. The van der Waals surface area contributed by atoms with Crippen molar-refractivity contribution in [1.82, 2.24) is 5.32 Å². The van der Waals surface area contributed by atoms with Crippen molar-refractivity contribution in [3.05, 3.63) is 34.4 Å². The molecule has 16 heavy (non-hydrogen) atoms. The zero-order chi connectivity index (χ0) is 12.0. The summed E-state index contributed by atoms with van der Waals surface area (Å²) < 4.78 is 0. The van der Waals surface area contributed by atoms with Crippen LogP contribution in [0.25, 0.3) is 0 Å². The Balaban J connectivity index is 2.50. The van der Waals surface area contributed by atoms with Crippen molar-refractivity contribution in [3.8, 4) is 0 Å². The molecule has 0 amide bonds. The molecule has 0 saturated heterocycles. The predicted octanol–water partition coefficient (Wildman–Crippen LogP) is 3.54. The van der Waals surface area contributed by atoms with Gasteiger partial charge in [-0.05, 0) is 75.9 Å². The quantitative estimate of drug-likeness (QED) is 0.722. The van der Waals surface area contributed by atoms with E-state index in [0.717, 1.165) is 6.54 Å². The number of hydrogen-bond acceptors (Lipinski definition) is 1. The Morgan fingerprint density at radius 3 is 2.31 bits per heavy atom. The second-order valence-corrected chi connectivity index (χ2v) is 4.72. The normalized spacial score (nSPS) is 10.8. The minimum absolute atomic E-state index is 1.14. The number of benzene rings is 1. The molecular weight excluding hydrogens is 194 g/mol. The average Bonchev–Trinajstić information content (AvgIpc) is 2.28. The first kappa shape index (κ1) is 13.2. The molecule has 0 saturated carbocycles. The third kappa shape index (κ3) is 3.64. The molecule has 0 fully saturated rings. The summed E-state index contributed by atoms with van der Waals surface area (Å²) in [6, 6.07) is 4.49. The maximum atomic E-state index is 3.20. The summed E-state index contributed by atoms with van der Waals surface area (Å²) in [4.78, 5) is 0. The van der Waals surface area contributed by atoms with E-state index in [9.17, 15) is 0 Å².